The second-order valence-corrected chi connectivity index (χ2v) is 10.8. The van der Waals surface area contributed by atoms with Crippen molar-refractivity contribution in [1.82, 2.24) is 4.90 Å². The number of rotatable bonds is 7. The lowest BCUT2D eigenvalue weighted by molar-refractivity contribution is -0.147. The van der Waals surface area contributed by atoms with Gasteiger partial charge in [-0.15, -0.1) is 0 Å². The molecule has 5 rings (SSSR count). The van der Waals surface area contributed by atoms with Crippen LogP contribution < -0.4 is 10.6 Å². The molecule has 8 nitrogen and oxygen atoms in total. The first-order chi connectivity index (χ1) is 17.7. The van der Waals surface area contributed by atoms with E-state index in [0.717, 1.165) is 5.56 Å². The smallest absolute Gasteiger partial charge is 0.250 e. The molecular weight excluding hydrogens is 494 g/mol. The number of hydrogen-bond donors (Lipinski definition) is 3. The van der Waals surface area contributed by atoms with Gasteiger partial charge in [-0.3, -0.25) is 14.4 Å². The average molecular weight is 526 g/mol. The van der Waals surface area contributed by atoms with E-state index in [1.807, 2.05) is 38.1 Å². The van der Waals surface area contributed by atoms with E-state index in [1.54, 1.807) is 31.2 Å². The molecule has 9 heteroatoms. The molecule has 0 aromatic heterocycles. The van der Waals surface area contributed by atoms with Gasteiger partial charge in [0.05, 0.1) is 40.8 Å². The van der Waals surface area contributed by atoms with E-state index in [9.17, 15) is 19.5 Å². The van der Waals surface area contributed by atoms with Crippen molar-refractivity contribution in [2.45, 2.75) is 63.3 Å². The van der Waals surface area contributed by atoms with Gasteiger partial charge in [-0.25, -0.2) is 0 Å². The second-order valence-electron chi connectivity index (χ2n) is 10.4. The standard InChI is InChI=1S/C28H32ClN3O5/c1-4-27-13-14-28(37-27)21(20(27)24(34)30-18-10-6-5-7-11-18)26(36)32(17(3)15-33)23(28)25(35)31-22-16(2)9-8-12-19(22)29/h5-12,17,20-21,23,33H,4,13-15H2,1-3H3,(H,30,34)(H,31,35)/t17-,20-,21+,23?,27+,28?/m1/s1. The van der Waals surface area contributed by atoms with Gasteiger partial charge in [-0.1, -0.05) is 48.9 Å². The van der Waals surface area contributed by atoms with Crippen LogP contribution in [0.15, 0.2) is 48.5 Å². The van der Waals surface area contributed by atoms with Crippen molar-refractivity contribution in [3.63, 3.8) is 0 Å². The number of amides is 3. The third-order valence-corrected chi connectivity index (χ3v) is 8.72. The van der Waals surface area contributed by atoms with E-state index in [0.29, 0.717) is 35.7 Å². The molecule has 3 aliphatic heterocycles. The number of carbonyl (C=O) groups is 3. The van der Waals surface area contributed by atoms with Crippen LogP contribution >= 0.6 is 11.6 Å². The van der Waals surface area contributed by atoms with Crippen LogP contribution in [0.5, 0.6) is 0 Å². The van der Waals surface area contributed by atoms with Crippen LogP contribution in [0.25, 0.3) is 0 Å². The molecule has 2 aromatic carbocycles. The van der Waals surface area contributed by atoms with Gasteiger partial charge in [-0.2, -0.15) is 0 Å². The number of ether oxygens (including phenoxy) is 1. The van der Waals surface area contributed by atoms with Gasteiger partial charge in [0, 0.05) is 5.69 Å². The third kappa shape index (κ3) is 3.85. The SMILES string of the molecule is CC[C@@]12CCC3(O1)C(C(=O)Nc1c(C)cccc1Cl)N([C@H](C)CO)C(=O)[C@@H]3[C@@H]2C(=O)Nc1ccccc1. The van der Waals surface area contributed by atoms with Crippen molar-refractivity contribution in [2.75, 3.05) is 17.2 Å². The van der Waals surface area contributed by atoms with Gasteiger partial charge in [0.1, 0.15) is 11.6 Å². The van der Waals surface area contributed by atoms with Crippen molar-refractivity contribution in [3.05, 3.63) is 59.1 Å². The van der Waals surface area contributed by atoms with Gasteiger partial charge < -0.3 is 25.4 Å². The molecule has 3 saturated heterocycles. The molecule has 0 saturated carbocycles. The summed E-state index contributed by atoms with van der Waals surface area (Å²) in [6.07, 6.45) is 1.54. The largest absolute Gasteiger partial charge is 0.394 e. The minimum absolute atomic E-state index is 0.299. The van der Waals surface area contributed by atoms with Crippen LogP contribution in [0.2, 0.25) is 5.02 Å². The number of aryl methyl sites for hydroxylation is 1. The quantitative estimate of drug-likeness (QED) is 0.510. The monoisotopic (exact) mass is 525 g/mol. The maximum Gasteiger partial charge on any atom is 0.250 e. The highest BCUT2D eigenvalue weighted by Gasteiger charge is 2.79. The molecule has 3 fully saturated rings. The van der Waals surface area contributed by atoms with Crippen LogP contribution in [0.4, 0.5) is 11.4 Å². The van der Waals surface area contributed by atoms with Crippen LogP contribution in [-0.4, -0.2) is 57.6 Å². The number of anilines is 2. The summed E-state index contributed by atoms with van der Waals surface area (Å²) in [5.74, 6) is -2.70. The highest BCUT2D eigenvalue weighted by Crippen LogP contribution is 2.64. The van der Waals surface area contributed by atoms with Gasteiger partial charge in [0.25, 0.3) is 0 Å². The summed E-state index contributed by atoms with van der Waals surface area (Å²) in [7, 11) is 0. The number of para-hydroxylation sites is 2. The van der Waals surface area contributed by atoms with Crippen molar-refractivity contribution in [3.8, 4) is 0 Å². The fourth-order valence-corrected chi connectivity index (χ4v) is 6.91. The Bertz CT molecular complexity index is 1220. The minimum atomic E-state index is -1.19. The molecule has 196 valence electrons. The number of halogens is 1. The number of benzene rings is 2. The van der Waals surface area contributed by atoms with Crippen molar-refractivity contribution in [1.29, 1.82) is 0 Å². The summed E-state index contributed by atoms with van der Waals surface area (Å²) < 4.78 is 6.72. The van der Waals surface area contributed by atoms with Gasteiger partial charge >= 0.3 is 0 Å². The predicted molar refractivity (Wildman–Crippen MR) is 140 cm³/mol. The van der Waals surface area contributed by atoms with Crippen LogP contribution in [-0.2, 0) is 19.1 Å². The maximum absolute atomic E-state index is 14.0. The number of fused-ring (bicyclic) bond motifs is 1. The molecule has 3 amide bonds. The van der Waals surface area contributed by atoms with E-state index < -0.39 is 41.0 Å². The number of nitrogens with one attached hydrogen (secondary N) is 2. The molecule has 2 unspecified atom stereocenters. The Morgan fingerprint density at radius 2 is 1.86 bits per heavy atom. The first-order valence-corrected chi connectivity index (χ1v) is 13.1. The van der Waals surface area contributed by atoms with Crippen molar-refractivity contribution in [2.24, 2.45) is 11.8 Å². The van der Waals surface area contributed by atoms with E-state index >= 15 is 0 Å². The molecular formula is C28H32ClN3O5. The topological polar surface area (TPSA) is 108 Å². The van der Waals surface area contributed by atoms with Crippen LogP contribution in [0.1, 0.15) is 38.7 Å². The summed E-state index contributed by atoms with van der Waals surface area (Å²) in [5.41, 5.74) is -0.164. The number of aliphatic hydroxyl groups excluding tert-OH is 1. The summed E-state index contributed by atoms with van der Waals surface area (Å²) in [5, 5.41) is 16.3. The lowest BCUT2D eigenvalue weighted by atomic mass is 9.65. The normalized spacial score (nSPS) is 30.8. The van der Waals surface area contributed by atoms with Crippen LogP contribution in [0, 0.1) is 18.8 Å². The molecule has 3 heterocycles. The number of aliphatic hydroxyl groups is 1. The number of carbonyl (C=O) groups excluding carboxylic acids is 3. The van der Waals surface area contributed by atoms with Crippen molar-refractivity contribution >= 4 is 40.7 Å². The fourth-order valence-electron chi connectivity index (χ4n) is 6.64. The lowest BCUT2D eigenvalue weighted by Gasteiger charge is -2.36. The zero-order valence-corrected chi connectivity index (χ0v) is 21.9. The molecule has 2 aromatic rings. The van der Waals surface area contributed by atoms with Gasteiger partial charge in [0.15, 0.2) is 0 Å². The fraction of sp³-hybridized carbons (Fsp3) is 0.464. The Balaban J connectivity index is 1.56. The van der Waals surface area contributed by atoms with E-state index in [1.165, 1.54) is 4.90 Å². The summed E-state index contributed by atoms with van der Waals surface area (Å²) in [6.45, 7) is 5.15. The summed E-state index contributed by atoms with van der Waals surface area (Å²) in [4.78, 5) is 43.1. The highest BCUT2D eigenvalue weighted by atomic mass is 35.5. The molecule has 3 N–H and O–H groups in total. The average Bonchev–Trinajstić information content (AvgIpc) is 3.50. The third-order valence-electron chi connectivity index (χ3n) is 8.40. The Morgan fingerprint density at radius 1 is 1.14 bits per heavy atom. The summed E-state index contributed by atoms with van der Waals surface area (Å²) >= 11 is 6.39. The second kappa shape index (κ2) is 9.42. The predicted octanol–water partition coefficient (Wildman–Crippen LogP) is 3.76. The molecule has 2 bridgehead atoms. The first-order valence-electron chi connectivity index (χ1n) is 12.7. The summed E-state index contributed by atoms with van der Waals surface area (Å²) in [6, 6.07) is 12.7. The molecule has 3 aliphatic rings. The van der Waals surface area contributed by atoms with Crippen LogP contribution in [0.3, 0.4) is 0 Å². The van der Waals surface area contributed by atoms with E-state index in [4.69, 9.17) is 16.3 Å². The molecule has 6 atom stereocenters. The number of likely N-dealkylation sites (tertiary alicyclic amines) is 1. The van der Waals surface area contributed by atoms with Gasteiger partial charge in [0.2, 0.25) is 17.7 Å². The molecule has 1 spiro atoms. The van der Waals surface area contributed by atoms with Gasteiger partial charge in [-0.05, 0) is 56.9 Å². The van der Waals surface area contributed by atoms with E-state index in [2.05, 4.69) is 10.6 Å². The molecule has 37 heavy (non-hydrogen) atoms. The maximum atomic E-state index is 14.0. The number of nitrogens with zero attached hydrogens (tertiary/aromatic N) is 1. The Kier molecular flexibility index (Phi) is 6.54. The lowest BCUT2D eigenvalue weighted by Crippen LogP contribution is -2.56. The Hall–Kier alpha value is -2.94. The Morgan fingerprint density at radius 3 is 2.51 bits per heavy atom. The van der Waals surface area contributed by atoms with E-state index in [-0.39, 0.29) is 18.4 Å². The number of hydrogen-bond acceptors (Lipinski definition) is 5. The Labute approximate surface area is 221 Å². The molecule has 0 radical (unpaired) electrons. The minimum Gasteiger partial charge on any atom is -0.394 e. The zero-order chi connectivity index (χ0) is 26.5. The molecule has 0 aliphatic carbocycles. The van der Waals surface area contributed by atoms with Crippen molar-refractivity contribution < 1.29 is 24.2 Å². The zero-order valence-electron chi connectivity index (χ0n) is 21.2. The first kappa shape index (κ1) is 25.7. The highest BCUT2D eigenvalue weighted by molar-refractivity contribution is 6.34.